The minimum Gasteiger partial charge on any atom is -0.492 e. The fraction of sp³-hybridized carbons (Fsp3) is 0.111. The molecule has 122 valence electrons. The van der Waals surface area contributed by atoms with E-state index in [-0.39, 0.29) is 5.91 Å². The highest BCUT2D eigenvalue weighted by Crippen LogP contribution is 2.32. The van der Waals surface area contributed by atoms with Gasteiger partial charge in [-0.25, -0.2) is 4.99 Å². The number of benzene rings is 2. The van der Waals surface area contributed by atoms with Crippen molar-refractivity contribution in [3.8, 4) is 5.75 Å². The number of para-hydroxylation sites is 2. The third-order valence-corrected chi connectivity index (χ3v) is 4.64. The third-order valence-electron chi connectivity index (χ3n) is 3.21. The molecule has 0 saturated carbocycles. The summed E-state index contributed by atoms with van der Waals surface area (Å²) >= 11 is 4.72. The Labute approximate surface area is 153 Å². The van der Waals surface area contributed by atoms with Crippen molar-refractivity contribution in [2.24, 2.45) is 4.99 Å². The van der Waals surface area contributed by atoms with E-state index in [1.54, 1.807) is 0 Å². The predicted octanol–water partition coefficient (Wildman–Crippen LogP) is 4.74. The van der Waals surface area contributed by atoms with Crippen LogP contribution in [0.4, 0.5) is 5.69 Å². The Morgan fingerprint density at radius 1 is 1.21 bits per heavy atom. The van der Waals surface area contributed by atoms with Crippen LogP contribution in [0, 0.1) is 0 Å². The smallest absolute Gasteiger partial charge is 0.264 e. The van der Waals surface area contributed by atoms with Crippen molar-refractivity contribution in [2.45, 2.75) is 6.92 Å². The molecule has 1 N–H and O–H groups in total. The fourth-order valence-corrected chi connectivity index (χ4v) is 3.23. The number of hydrogen-bond acceptors (Lipinski definition) is 4. The van der Waals surface area contributed by atoms with Crippen LogP contribution in [-0.4, -0.2) is 17.7 Å². The summed E-state index contributed by atoms with van der Waals surface area (Å²) < 4.78 is 6.56. The molecule has 0 aromatic heterocycles. The molecule has 0 aliphatic carbocycles. The zero-order chi connectivity index (χ0) is 16.9. The van der Waals surface area contributed by atoms with Crippen LogP contribution < -0.4 is 10.1 Å². The lowest BCUT2D eigenvalue weighted by Crippen LogP contribution is -2.19. The average Bonchev–Trinajstić information content (AvgIpc) is 2.91. The highest BCUT2D eigenvalue weighted by Gasteiger charge is 2.24. The Hall–Kier alpha value is -2.05. The maximum atomic E-state index is 12.1. The Morgan fingerprint density at radius 3 is 2.71 bits per heavy atom. The largest absolute Gasteiger partial charge is 0.492 e. The van der Waals surface area contributed by atoms with Crippen LogP contribution in [0.2, 0.25) is 0 Å². The molecule has 0 unspecified atom stereocenters. The molecular formula is C18H15BrN2O2S. The number of carbonyl (C=O) groups excluding carboxylic acids is 1. The Morgan fingerprint density at radius 2 is 1.96 bits per heavy atom. The first-order valence-electron chi connectivity index (χ1n) is 7.42. The molecule has 1 saturated heterocycles. The maximum absolute atomic E-state index is 12.1. The van der Waals surface area contributed by atoms with Crippen LogP contribution in [0.5, 0.6) is 5.75 Å². The molecular weight excluding hydrogens is 388 g/mol. The van der Waals surface area contributed by atoms with Crippen molar-refractivity contribution >= 4 is 50.5 Å². The van der Waals surface area contributed by atoms with Crippen LogP contribution in [0.3, 0.4) is 0 Å². The van der Waals surface area contributed by atoms with Gasteiger partial charge in [0, 0.05) is 4.47 Å². The van der Waals surface area contributed by atoms with Gasteiger partial charge in [0.25, 0.3) is 5.91 Å². The van der Waals surface area contributed by atoms with Crippen molar-refractivity contribution in [3.63, 3.8) is 0 Å². The number of carbonyl (C=O) groups is 1. The van der Waals surface area contributed by atoms with Crippen LogP contribution >= 0.6 is 27.7 Å². The van der Waals surface area contributed by atoms with E-state index < -0.39 is 0 Å². The number of halogens is 1. The number of rotatable bonds is 4. The zero-order valence-corrected chi connectivity index (χ0v) is 15.4. The number of aliphatic imine (C=N–C) groups is 1. The van der Waals surface area contributed by atoms with Gasteiger partial charge in [0.2, 0.25) is 0 Å². The summed E-state index contributed by atoms with van der Waals surface area (Å²) in [6.07, 6.45) is 1.85. The highest BCUT2D eigenvalue weighted by atomic mass is 79.9. The number of nitrogens with zero attached hydrogens (tertiary/aromatic N) is 1. The number of amides is 1. The van der Waals surface area contributed by atoms with Gasteiger partial charge in [0.1, 0.15) is 11.4 Å². The van der Waals surface area contributed by atoms with Crippen molar-refractivity contribution in [1.82, 2.24) is 5.32 Å². The SMILES string of the molecule is CCOc1ccccc1N=C1NC(=O)C(=Cc2ccc(Br)cc2)S1. The Balaban J connectivity index is 1.83. The second-order valence-corrected chi connectivity index (χ2v) is 6.88. The lowest BCUT2D eigenvalue weighted by Gasteiger charge is -2.06. The number of nitrogens with one attached hydrogen (secondary N) is 1. The summed E-state index contributed by atoms with van der Waals surface area (Å²) in [4.78, 5) is 17.3. The van der Waals surface area contributed by atoms with Gasteiger partial charge < -0.3 is 10.1 Å². The molecule has 1 aliphatic heterocycles. The third kappa shape index (κ3) is 4.07. The summed E-state index contributed by atoms with van der Waals surface area (Å²) in [7, 11) is 0. The van der Waals surface area contributed by atoms with E-state index in [1.807, 2.05) is 61.5 Å². The minimum atomic E-state index is -0.143. The number of thioether (sulfide) groups is 1. The lowest BCUT2D eigenvalue weighted by atomic mass is 10.2. The van der Waals surface area contributed by atoms with Gasteiger partial charge in [-0.05, 0) is 54.6 Å². The highest BCUT2D eigenvalue weighted by molar-refractivity contribution is 9.10. The van der Waals surface area contributed by atoms with E-state index in [2.05, 4.69) is 26.2 Å². The molecule has 6 heteroatoms. The number of ether oxygens (including phenoxy) is 1. The van der Waals surface area contributed by atoms with Gasteiger partial charge in [-0.2, -0.15) is 0 Å². The molecule has 0 radical (unpaired) electrons. The van der Waals surface area contributed by atoms with Crippen molar-refractivity contribution < 1.29 is 9.53 Å². The predicted molar refractivity (Wildman–Crippen MR) is 103 cm³/mol. The van der Waals surface area contributed by atoms with E-state index in [9.17, 15) is 4.79 Å². The molecule has 1 aliphatic rings. The molecule has 0 atom stereocenters. The average molecular weight is 403 g/mol. The minimum absolute atomic E-state index is 0.143. The zero-order valence-electron chi connectivity index (χ0n) is 13.0. The summed E-state index contributed by atoms with van der Waals surface area (Å²) in [5, 5.41) is 3.35. The van der Waals surface area contributed by atoms with Gasteiger partial charge in [-0.3, -0.25) is 4.79 Å². The monoisotopic (exact) mass is 402 g/mol. The molecule has 0 spiro atoms. The number of amidine groups is 1. The van der Waals surface area contributed by atoms with E-state index in [4.69, 9.17) is 4.74 Å². The van der Waals surface area contributed by atoms with Gasteiger partial charge in [-0.1, -0.05) is 40.2 Å². The van der Waals surface area contributed by atoms with E-state index >= 15 is 0 Å². The van der Waals surface area contributed by atoms with Crippen molar-refractivity contribution in [2.75, 3.05) is 6.61 Å². The first-order chi connectivity index (χ1) is 11.7. The van der Waals surface area contributed by atoms with Crippen molar-refractivity contribution in [1.29, 1.82) is 0 Å². The molecule has 2 aromatic carbocycles. The molecule has 3 rings (SSSR count). The molecule has 1 amide bonds. The maximum Gasteiger partial charge on any atom is 0.264 e. The standard InChI is InChI=1S/C18H15BrN2O2S/c1-2-23-15-6-4-3-5-14(15)20-18-21-17(22)16(24-18)11-12-7-9-13(19)10-8-12/h3-11H,2H2,1H3,(H,20,21,22). The summed E-state index contributed by atoms with van der Waals surface area (Å²) in [5.74, 6) is 0.559. The Bertz CT molecular complexity index is 816. The second-order valence-electron chi connectivity index (χ2n) is 4.93. The lowest BCUT2D eigenvalue weighted by molar-refractivity contribution is -0.115. The molecule has 2 aromatic rings. The molecule has 4 nitrogen and oxygen atoms in total. The quantitative estimate of drug-likeness (QED) is 0.751. The molecule has 0 bridgehead atoms. The van der Waals surface area contributed by atoms with Crippen LogP contribution in [0.1, 0.15) is 12.5 Å². The van der Waals surface area contributed by atoms with Crippen molar-refractivity contribution in [3.05, 3.63) is 63.5 Å². The summed E-state index contributed by atoms with van der Waals surface area (Å²) in [6, 6.07) is 15.3. The molecule has 1 heterocycles. The van der Waals surface area contributed by atoms with Crippen LogP contribution in [0.25, 0.3) is 6.08 Å². The summed E-state index contributed by atoms with van der Waals surface area (Å²) in [5.41, 5.74) is 1.67. The van der Waals surface area contributed by atoms with Gasteiger partial charge >= 0.3 is 0 Å². The fourth-order valence-electron chi connectivity index (χ4n) is 2.13. The van der Waals surface area contributed by atoms with Gasteiger partial charge in [0.15, 0.2) is 5.17 Å². The van der Waals surface area contributed by atoms with Gasteiger partial charge in [0.05, 0.1) is 11.5 Å². The van der Waals surface area contributed by atoms with E-state index in [1.165, 1.54) is 11.8 Å². The van der Waals surface area contributed by atoms with E-state index in [0.717, 1.165) is 10.0 Å². The van der Waals surface area contributed by atoms with Gasteiger partial charge in [-0.15, -0.1) is 0 Å². The normalized spacial score (nSPS) is 17.3. The topological polar surface area (TPSA) is 50.7 Å². The summed E-state index contributed by atoms with van der Waals surface area (Å²) in [6.45, 7) is 2.49. The van der Waals surface area contributed by atoms with Crippen LogP contribution in [-0.2, 0) is 4.79 Å². The Kier molecular flexibility index (Phi) is 5.37. The first kappa shape index (κ1) is 16.8. The van der Waals surface area contributed by atoms with Crippen LogP contribution in [0.15, 0.2) is 62.9 Å². The molecule has 24 heavy (non-hydrogen) atoms. The number of hydrogen-bond donors (Lipinski definition) is 1. The molecule has 1 fully saturated rings. The second kappa shape index (κ2) is 7.68. The first-order valence-corrected chi connectivity index (χ1v) is 9.03. The van der Waals surface area contributed by atoms with E-state index in [0.29, 0.717) is 28.1 Å².